The van der Waals surface area contributed by atoms with Crippen LogP contribution in [0, 0.1) is 5.92 Å². The molecule has 1 aliphatic rings. The number of carbonyl (C=O) groups is 1. The molecule has 1 aromatic carbocycles. The molecule has 104 valence electrons. The van der Waals surface area contributed by atoms with Crippen molar-refractivity contribution in [2.75, 3.05) is 12.9 Å². The molecule has 4 heteroatoms. The minimum absolute atomic E-state index is 0.175. The molecule has 0 aliphatic carbocycles. The average Bonchev–Trinajstić information content (AvgIpc) is 2.43. The van der Waals surface area contributed by atoms with E-state index in [2.05, 4.69) is 29.6 Å². The fourth-order valence-electron chi connectivity index (χ4n) is 2.39. The summed E-state index contributed by atoms with van der Waals surface area (Å²) in [6, 6.07) is 8.41. The average molecular weight is 279 g/mol. The molecule has 3 nitrogen and oxygen atoms in total. The summed E-state index contributed by atoms with van der Waals surface area (Å²) in [4.78, 5) is 13.2. The zero-order valence-electron chi connectivity index (χ0n) is 11.7. The van der Waals surface area contributed by atoms with Gasteiger partial charge in [-0.05, 0) is 29.7 Å². The van der Waals surface area contributed by atoms with Gasteiger partial charge in [-0.15, -0.1) is 11.8 Å². The van der Waals surface area contributed by atoms with E-state index in [-0.39, 0.29) is 24.0 Å². The van der Waals surface area contributed by atoms with Crippen LogP contribution in [0.5, 0.6) is 0 Å². The van der Waals surface area contributed by atoms with Gasteiger partial charge < -0.3 is 4.74 Å². The first-order valence-electron chi connectivity index (χ1n) is 6.69. The predicted octanol–water partition coefficient (Wildman–Crippen LogP) is 3.01. The zero-order chi connectivity index (χ0) is 13.8. The first kappa shape index (κ1) is 14.4. The van der Waals surface area contributed by atoms with Crippen LogP contribution >= 0.6 is 11.8 Å². The van der Waals surface area contributed by atoms with E-state index in [4.69, 9.17) is 4.74 Å². The van der Waals surface area contributed by atoms with Crippen molar-refractivity contribution in [3.8, 4) is 0 Å². The predicted molar refractivity (Wildman–Crippen MR) is 78.3 cm³/mol. The van der Waals surface area contributed by atoms with Gasteiger partial charge in [-0.1, -0.05) is 32.0 Å². The number of carbonyl (C=O) groups excluding carboxylic acids is 1. The highest BCUT2D eigenvalue weighted by Gasteiger charge is 2.28. The number of rotatable bonds is 4. The van der Waals surface area contributed by atoms with Crippen molar-refractivity contribution in [3.63, 3.8) is 0 Å². The van der Waals surface area contributed by atoms with Gasteiger partial charge in [-0.25, -0.2) is 0 Å². The maximum Gasteiger partial charge on any atom is 0.323 e. The van der Waals surface area contributed by atoms with Gasteiger partial charge in [0.05, 0.1) is 7.11 Å². The summed E-state index contributed by atoms with van der Waals surface area (Å²) in [7, 11) is 1.45. The maximum absolute atomic E-state index is 11.8. The molecule has 1 N–H and O–H groups in total. The lowest BCUT2D eigenvalue weighted by Crippen LogP contribution is -2.44. The van der Waals surface area contributed by atoms with E-state index in [1.165, 1.54) is 17.6 Å². The molecular formula is C15H21NO2S. The Morgan fingerprint density at radius 3 is 2.84 bits per heavy atom. The monoisotopic (exact) mass is 279 g/mol. The number of fused-ring (bicyclic) bond motifs is 1. The SMILES string of the molecule is COC(=O)C(NC1CCSc2ccccc21)C(C)C. The van der Waals surface area contributed by atoms with Crippen molar-refractivity contribution in [2.45, 2.75) is 37.2 Å². The fourth-order valence-corrected chi connectivity index (χ4v) is 3.52. The molecule has 0 amide bonds. The van der Waals surface area contributed by atoms with E-state index in [1.54, 1.807) is 0 Å². The third kappa shape index (κ3) is 3.31. The molecule has 0 radical (unpaired) electrons. The summed E-state index contributed by atoms with van der Waals surface area (Å²) in [6.07, 6.45) is 1.04. The Balaban J connectivity index is 2.17. The highest BCUT2D eigenvalue weighted by Crippen LogP contribution is 2.36. The maximum atomic E-state index is 11.8. The van der Waals surface area contributed by atoms with Crippen LogP contribution < -0.4 is 5.32 Å². The van der Waals surface area contributed by atoms with Gasteiger partial charge in [0.15, 0.2) is 0 Å². The van der Waals surface area contributed by atoms with Crippen molar-refractivity contribution in [1.29, 1.82) is 0 Å². The molecular weight excluding hydrogens is 258 g/mol. The largest absolute Gasteiger partial charge is 0.468 e. The van der Waals surface area contributed by atoms with Crippen molar-refractivity contribution >= 4 is 17.7 Å². The van der Waals surface area contributed by atoms with E-state index in [0.29, 0.717) is 0 Å². The molecule has 0 aromatic heterocycles. The van der Waals surface area contributed by atoms with Gasteiger partial charge in [0, 0.05) is 10.9 Å². The van der Waals surface area contributed by atoms with E-state index < -0.39 is 0 Å². The van der Waals surface area contributed by atoms with Gasteiger partial charge in [0.2, 0.25) is 0 Å². The summed E-state index contributed by atoms with van der Waals surface area (Å²) < 4.78 is 4.90. The Hall–Kier alpha value is -1.00. The third-order valence-electron chi connectivity index (χ3n) is 3.46. The van der Waals surface area contributed by atoms with Crippen molar-refractivity contribution in [1.82, 2.24) is 5.32 Å². The van der Waals surface area contributed by atoms with Crippen LogP contribution in [-0.2, 0) is 9.53 Å². The molecule has 19 heavy (non-hydrogen) atoms. The van der Waals surface area contributed by atoms with Gasteiger partial charge in [0.25, 0.3) is 0 Å². The summed E-state index contributed by atoms with van der Waals surface area (Å²) in [5.74, 6) is 1.13. The number of thioether (sulfide) groups is 1. The smallest absolute Gasteiger partial charge is 0.323 e. The molecule has 2 rings (SSSR count). The first-order valence-corrected chi connectivity index (χ1v) is 7.67. The highest BCUT2D eigenvalue weighted by atomic mass is 32.2. The summed E-state index contributed by atoms with van der Waals surface area (Å²) in [5.41, 5.74) is 1.30. The van der Waals surface area contributed by atoms with Gasteiger partial charge in [0.1, 0.15) is 6.04 Å². The van der Waals surface area contributed by atoms with Crippen molar-refractivity contribution in [2.24, 2.45) is 5.92 Å². The van der Waals surface area contributed by atoms with Crippen LogP contribution in [-0.4, -0.2) is 24.9 Å². The molecule has 1 heterocycles. The number of nitrogens with one attached hydrogen (secondary N) is 1. The molecule has 1 aromatic rings. The molecule has 2 unspecified atom stereocenters. The number of methoxy groups -OCH3 is 1. The second-order valence-corrected chi connectivity index (χ2v) is 6.28. The van der Waals surface area contributed by atoms with Crippen LogP contribution in [0.25, 0.3) is 0 Å². The molecule has 0 saturated carbocycles. The second kappa shape index (κ2) is 6.44. The van der Waals surface area contributed by atoms with Crippen LogP contribution in [0.3, 0.4) is 0 Å². The standard InChI is InChI=1S/C15H21NO2S/c1-10(2)14(15(17)18-3)16-12-8-9-19-13-7-5-4-6-11(12)13/h4-7,10,12,14,16H,8-9H2,1-3H3. The second-order valence-electron chi connectivity index (χ2n) is 5.14. The van der Waals surface area contributed by atoms with Crippen LogP contribution in [0.4, 0.5) is 0 Å². The van der Waals surface area contributed by atoms with E-state index in [0.717, 1.165) is 12.2 Å². The molecule has 0 bridgehead atoms. The van der Waals surface area contributed by atoms with Gasteiger partial charge >= 0.3 is 5.97 Å². The number of ether oxygens (including phenoxy) is 1. The molecule has 2 atom stereocenters. The number of hydrogen-bond acceptors (Lipinski definition) is 4. The Morgan fingerprint density at radius 1 is 1.42 bits per heavy atom. The summed E-state index contributed by atoms with van der Waals surface area (Å²) in [5, 5.41) is 3.47. The Bertz CT molecular complexity index is 448. The number of hydrogen-bond donors (Lipinski definition) is 1. The number of benzene rings is 1. The van der Waals surface area contributed by atoms with Crippen LogP contribution in [0.2, 0.25) is 0 Å². The normalized spacial score (nSPS) is 19.9. The first-order chi connectivity index (χ1) is 9.13. The third-order valence-corrected chi connectivity index (χ3v) is 4.58. The van der Waals surface area contributed by atoms with Gasteiger partial charge in [-0.3, -0.25) is 10.1 Å². The Morgan fingerprint density at radius 2 is 2.16 bits per heavy atom. The molecule has 0 saturated heterocycles. The highest BCUT2D eigenvalue weighted by molar-refractivity contribution is 7.99. The van der Waals surface area contributed by atoms with Crippen molar-refractivity contribution in [3.05, 3.63) is 29.8 Å². The zero-order valence-corrected chi connectivity index (χ0v) is 12.5. The topological polar surface area (TPSA) is 38.3 Å². The van der Waals surface area contributed by atoms with Crippen LogP contribution in [0.15, 0.2) is 29.2 Å². The number of esters is 1. The van der Waals surface area contributed by atoms with E-state index >= 15 is 0 Å². The van der Waals surface area contributed by atoms with Gasteiger partial charge in [-0.2, -0.15) is 0 Å². The lowest BCUT2D eigenvalue weighted by molar-refractivity contribution is -0.144. The Labute approximate surface area is 119 Å². The van der Waals surface area contributed by atoms with Crippen molar-refractivity contribution < 1.29 is 9.53 Å². The minimum Gasteiger partial charge on any atom is -0.468 e. The fraction of sp³-hybridized carbons (Fsp3) is 0.533. The van der Waals surface area contributed by atoms with E-state index in [1.807, 2.05) is 25.6 Å². The summed E-state index contributed by atoms with van der Waals surface area (Å²) >= 11 is 1.89. The molecule has 1 aliphatic heterocycles. The Kier molecular flexibility index (Phi) is 4.88. The quantitative estimate of drug-likeness (QED) is 0.860. The molecule has 0 spiro atoms. The lowest BCUT2D eigenvalue weighted by atomic mass is 9.98. The summed E-state index contributed by atoms with van der Waals surface area (Å²) in [6.45, 7) is 4.08. The molecule has 0 fully saturated rings. The lowest BCUT2D eigenvalue weighted by Gasteiger charge is -2.30. The van der Waals surface area contributed by atoms with Crippen LogP contribution in [0.1, 0.15) is 31.9 Å². The minimum atomic E-state index is -0.244. The van der Waals surface area contributed by atoms with E-state index in [9.17, 15) is 4.79 Å².